The van der Waals surface area contributed by atoms with Gasteiger partial charge < -0.3 is 13.9 Å². The largest absolute Gasteiger partial charge is 0.496 e. The van der Waals surface area contributed by atoms with Gasteiger partial charge in [-0.3, -0.25) is 9.36 Å². The number of allylic oxidation sites excluding steroid dienone is 1. The van der Waals surface area contributed by atoms with E-state index in [1.807, 2.05) is 25.1 Å². The number of benzene rings is 2. The number of methoxy groups -OCH3 is 1. The minimum atomic E-state index is -0.839. The van der Waals surface area contributed by atoms with Crippen molar-refractivity contribution in [2.45, 2.75) is 32.7 Å². The summed E-state index contributed by atoms with van der Waals surface area (Å²) in [5.74, 6) is 1.11. The molecule has 1 aliphatic heterocycles. The van der Waals surface area contributed by atoms with Crippen LogP contribution < -0.4 is 19.6 Å². The van der Waals surface area contributed by atoms with Crippen molar-refractivity contribution < 1.29 is 18.7 Å². The molecule has 0 saturated carbocycles. The van der Waals surface area contributed by atoms with Gasteiger partial charge >= 0.3 is 5.97 Å². The summed E-state index contributed by atoms with van der Waals surface area (Å²) in [7, 11) is 1.53. The van der Waals surface area contributed by atoms with E-state index in [1.165, 1.54) is 23.0 Å². The lowest BCUT2D eigenvalue weighted by Gasteiger charge is -2.27. The van der Waals surface area contributed by atoms with Gasteiger partial charge in [-0.05, 0) is 67.9 Å². The van der Waals surface area contributed by atoms with E-state index < -0.39 is 12.0 Å². The fourth-order valence-corrected chi connectivity index (χ4v) is 5.97. The lowest BCUT2D eigenvalue weighted by molar-refractivity contribution is -0.139. The Hall–Kier alpha value is -3.59. The smallest absolute Gasteiger partial charge is 0.338 e. The molecule has 0 aliphatic carbocycles. The van der Waals surface area contributed by atoms with Crippen LogP contribution in [0.5, 0.6) is 5.75 Å². The van der Waals surface area contributed by atoms with Crippen LogP contribution >= 0.6 is 34.5 Å². The predicted octanol–water partition coefficient (Wildman–Crippen LogP) is 6.15. The monoisotopic (exact) mass is 596 g/mol. The second kappa shape index (κ2) is 11.9. The molecule has 0 amide bonds. The molecule has 4 aromatic rings. The molecular formula is C30H26Cl2N2O5S. The van der Waals surface area contributed by atoms with Crippen LogP contribution in [0.25, 0.3) is 17.4 Å². The van der Waals surface area contributed by atoms with E-state index in [2.05, 4.69) is 0 Å². The van der Waals surface area contributed by atoms with E-state index in [-0.39, 0.29) is 12.2 Å². The van der Waals surface area contributed by atoms with Crippen molar-refractivity contribution in [2.75, 3.05) is 13.7 Å². The van der Waals surface area contributed by atoms with E-state index in [9.17, 15) is 9.59 Å². The van der Waals surface area contributed by atoms with Gasteiger partial charge in [0.2, 0.25) is 0 Å². The molecule has 7 nitrogen and oxygen atoms in total. The molecule has 0 spiro atoms. The number of carbonyl (C=O) groups excluding carboxylic acids is 1. The van der Waals surface area contributed by atoms with Gasteiger partial charge in [-0.15, -0.1) is 0 Å². The van der Waals surface area contributed by atoms with E-state index in [0.29, 0.717) is 59.9 Å². The number of aromatic nitrogens is 1. The highest BCUT2D eigenvalue weighted by Gasteiger charge is 2.36. The first-order chi connectivity index (χ1) is 19.3. The number of hydrogen-bond acceptors (Lipinski definition) is 7. The van der Waals surface area contributed by atoms with Gasteiger partial charge in [0.25, 0.3) is 5.56 Å². The molecule has 0 saturated heterocycles. The van der Waals surface area contributed by atoms with Crippen LogP contribution in [0.1, 0.15) is 44.1 Å². The third kappa shape index (κ3) is 5.39. The predicted molar refractivity (Wildman–Crippen MR) is 157 cm³/mol. The Morgan fingerprint density at radius 1 is 1.10 bits per heavy atom. The SMILES string of the molecule is CCCC1=C(C(=O)OCC)[C@H](c2cc(Cl)ccc2OC)n2c(s/c(=C/c3ccc(-c4ccc(Cl)cc4)o3)c2=O)=N1. The van der Waals surface area contributed by atoms with Gasteiger partial charge in [-0.1, -0.05) is 47.9 Å². The van der Waals surface area contributed by atoms with Crippen LogP contribution in [0, 0.1) is 0 Å². The zero-order chi connectivity index (χ0) is 28.4. The highest BCUT2D eigenvalue weighted by atomic mass is 35.5. The van der Waals surface area contributed by atoms with E-state index in [1.54, 1.807) is 49.4 Å². The Morgan fingerprint density at radius 2 is 1.85 bits per heavy atom. The first-order valence-corrected chi connectivity index (χ1v) is 14.3. The summed E-state index contributed by atoms with van der Waals surface area (Å²) >= 11 is 13.6. The summed E-state index contributed by atoms with van der Waals surface area (Å²) in [5, 5.41) is 1.08. The maximum Gasteiger partial charge on any atom is 0.338 e. The summed E-state index contributed by atoms with van der Waals surface area (Å²) in [6, 6.07) is 15.2. The molecule has 0 N–H and O–H groups in total. The van der Waals surface area contributed by atoms with Crippen LogP contribution in [-0.2, 0) is 9.53 Å². The zero-order valence-electron chi connectivity index (χ0n) is 22.1. The molecule has 10 heteroatoms. The number of ether oxygens (including phenoxy) is 2. The van der Waals surface area contributed by atoms with Crippen molar-refractivity contribution in [1.82, 2.24) is 4.57 Å². The average Bonchev–Trinajstić information content (AvgIpc) is 3.53. The zero-order valence-corrected chi connectivity index (χ0v) is 24.4. The first kappa shape index (κ1) is 28.0. The molecule has 5 rings (SSSR count). The molecule has 0 radical (unpaired) electrons. The summed E-state index contributed by atoms with van der Waals surface area (Å²) < 4.78 is 19.0. The molecule has 3 heterocycles. The quantitative estimate of drug-likeness (QED) is 0.228. The minimum Gasteiger partial charge on any atom is -0.496 e. The van der Waals surface area contributed by atoms with Crippen molar-refractivity contribution in [1.29, 1.82) is 0 Å². The van der Waals surface area contributed by atoms with Crippen LogP contribution in [0.3, 0.4) is 0 Å². The number of halogens is 2. The normalized spacial score (nSPS) is 15.1. The second-order valence-corrected chi connectivity index (χ2v) is 10.9. The molecule has 1 aliphatic rings. The minimum absolute atomic E-state index is 0.181. The number of nitrogens with zero attached hydrogens (tertiary/aromatic N) is 2. The maximum absolute atomic E-state index is 14.0. The van der Waals surface area contributed by atoms with Crippen LogP contribution in [0.2, 0.25) is 10.0 Å². The van der Waals surface area contributed by atoms with Crippen LogP contribution in [-0.4, -0.2) is 24.3 Å². The summed E-state index contributed by atoms with van der Waals surface area (Å²) in [5.41, 5.74) is 1.98. The summed E-state index contributed by atoms with van der Waals surface area (Å²) in [4.78, 5) is 32.6. The Balaban J connectivity index is 1.71. The van der Waals surface area contributed by atoms with Gasteiger partial charge in [0.05, 0.1) is 29.5 Å². The summed E-state index contributed by atoms with van der Waals surface area (Å²) in [6.07, 6.45) is 2.96. The highest BCUT2D eigenvalue weighted by molar-refractivity contribution is 7.07. The number of fused-ring (bicyclic) bond motifs is 1. The highest BCUT2D eigenvalue weighted by Crippen LogP contribution is 2.38. The van der Waals surface area contributed by atoms with Crippen molar-refractivity contribution in [3.8, 4) is 17.1 Å². The topological polar surface area (TPSA) is 83.0 Å². The van der Waals surface area contributed by atoms with E-state index in [0.717, 1.165) is 12.0 Å². The fraction of sp³-hybridized carbons (Fsp3) is 0.233. The molecule has 2 aromatic carbocycles. The lowest BCUT2D eigenvalue weighted by atomic mass is 9.93. The molecule has 0 fully saturated rings. The molecular weight excluding hydrogens is 571 g/mol. The van der Waals surface area contributed by atoms with E-state index >= 15 is 0 Å². The van der Waals surface area contributed by atoms with Crippen LogP contribution in [0.15, 0.2) is 80.1 Å². The number of thiazole rings is 1. The fourth-order valence-electron chi connectivity index (χ4n) is 4.66. The van der Waals surface area contributed by atoms with Crippen molar-refractivity contribution in [3.63, 3.8) is 0 Å². The number of rotatable bonds is 8. The third-order valence-corrected chi connectivity index (χ3v) is 7.88. The van der Waals surface area contributed by atoms with Gasteiger partial charge in [0, 0.05) is 27.2 Å². The molecule has 0 bridgehead atoms. The Labute approximate surface area is 244 Å². The van der Waals surface area contributed by atoms with Crippen LogP contribution in [0.4, 0.5) is 0 Å². The molecule has 206 valence electrons. The standard InChI is InChI=1S/C30H26Cl2N2O5S/c1-4-6-22-26(29(36)38-5-2)27(21-15-19(32)11-13-24(21)37-3)34-28(35)25(40-30(34)33-22)16-20-12-14-23(39-20)17-7-9-18(31)10-8-17/h7-16,27H,4-6H2,1-3H3/b25-16+/t27-/m0/s1. The number of carbonyl (C=O) groups is 1. The van der Waals surface area contributed by atoms with Crippen molar-refractivity contribution in [2.24, 2.45) is 4.99 Å². The van der Waals surface area contributed by atoms with Crippen molar-refractivity contribution in [3.05, 3.63) is 107 Å². The van der Waals surface area contributed by atoms with Gasteiger partial charge in [0.15, 0.2) is 4.80 Å². The summed E-state index contributed by atoms with van der Waals surface area (Å²) in [6.45, 7) is 3.93. The number of esters is 1. The Kier molecular flexibility index (Phi) is 8.30. The third-order valence-electron chi connectivity index (χ3n) is 6.41. The molecule has 40 heavy (non-hydrogen) atoms. The first-order valence-electron chi connectivity index (χ1n) is 12.8. The van der Waals surface area contributed by atoms with E-state index in [4.69, 9.17) is 42.1 Å². The molecule has 2 aromatic heterocycles. The number of hydrogen-bond donors (Lipinski definition) is 0. The lowest BCUT2D eigenvalue weighted by Crippen LogP contribution is -2.40. The van der Waals surface area contributed by atoms with Gasteiger partial charge in [-0.25, -0.2) is 9.79 Å². The van der Waals surface area contributed by atoms with Crippen molar-refractivity contribution >= 4 is 46.6 Å². The second-order valence-electron chi connectivity index (χ2n) is 9.01. The molecule has 0 unspecified atom stereocenters. The number of furan rings is 1. The maximum atomic E-state index is 14.0. The molecule has 1 atom stereocenters. The van der Waals surface area contributed by atoms with Gasteiger partial charge in [0.1, 0.15) is 23.3 Å². The Bertz CT molecular complexity index is 1780. The Morgan fingerprint density at radius 3 is 2.55 bits per heavy atom. The van der Waals surface area contributed by atoms with Gasteiger partial charge in [-0.2, -0.15) is 0 Å². The average molecular weight is 598 g/mol.